The van der Waals surface area contributed by atoms with Crippen molar-refractivity contribution in [1.82, 2.24) is 9.97 Å². The number of amides is 1. The topological polar surface area (TPSA) is 66.9 Å². The summed E-state index contributed by atoms with van der Waals surface area (Å²) in [7, 11) is 0. The van der Waals surface area contributed by atoms with Crippen LogP contribution in [0.2, 0.25) is 10.0 Å². The number of anilines is 2. The van der Waals surface area contributed by atoms with E-state index < -0.39 is 0 Å². The molecule has 0 aliphatic heterocycles. The summed E-state index contributed by atoms with van der Waals surface area (Å²) >= 11 is 12.0. The summed E-state index contributed by atoms with van der Waals surface area (Å²) in [5, 5.41) is 6.74. The second-order valence-electron chi connectivity index (χ2n) is 5.82. The SMILES string of the molecule is O=C(Nc1cccc(Cl)c1Cl)c1cnc(NC2CCCCC2)cn1. The summed E-state index contributed by atoms with van der Waals surface area (Å²) < 4.78 is 0. The number of carbonyl (C=O) groups is 1. The van der Waals surface area contributed by atoms with Crippen LogP contribution in [0.5, 0.6) is 0 Å². The zero-order valence-electron chi connectivity index (χ0n) is 13.1. The molecule has 1 aliphatic carbocycles. The highest BCUT2D eigenvalue weighted by molar-refractivity contribution is 6.44. The minimum absolute atomic E-state index is 0.222. The first-order valence-corrected chi connectivity index (χ1v) is 8.73. The number of benzene rings is 1. The zero-order chi connectivity index (χ0) is 16.9. The Morgan fingerprint density at radius 3 is 2.58 bits per heavy atom. The highest BCUT2D eigenvalue weighted by atomic mass is 35.5. The lowest BCUT2D eigenvalue weighted by Gasteiger charge is -2.23. The number of halogens is 2. The molecule has 7 heteroatoms. The van der Waals surface area contributed by atoms with Gasteiger partial charge in [-0.25, -0.2) is 9.97 Å². The molecule has 1 aliphatic rings. The molecule has 0 radical (unpaired) electrons. The summed E-state index contributed by atoms with van der Waals surface area (Å²) in [5.74, 6) is 0.315. The van der Waals surface area contributed by atoms with Crippen LogP contribution in [0.4, 0.5) is 11.5 Å². The lowest BCUT2D eigenvalue weighted by Crippen LogP contribution is -2.23. The Bertz CT molecular complexity index is 715. The van der Waals surface area contributed by atoms with Gasteiger partial charge in [0, 0.05) is 6.04 Å². The molecule has 126 valence electrons. The number of nitrogens with one attached hydrogen (secondary N) is 2. The Kier molecular flexibility index (Phi) is 5.53. The van der Waals surface area contributed by atoms with Crippen molar-refractivity contribution >= 4 is 40.6 Å². The van der Waals surface area contributed by atoms with Gasteiger partial charge in [-0.2, -0.15) is 0 Å². The van der Waals surface area contributed by atoms with Crippen LogP contribution >= 0.6 is 23.2 Å². The van der Waals surface area contributed by atoms with Gasteiger partial charge in [0.05, 0.1) is 28.1 Å². The van der Waals surface area contributed by atoms with E-state index in [0.717, 1.165) is 12.8 Å². The zero-order valence-corrected chi connectivity index (χ0v) is 14.6. The van der Waals surface area contributed by atoms with Crippen molar-refractivity contribution in [3.05, 3.63) is 46.3 Å². The molecule has 0 saturated heterocycles. The van der Waals surface area contributed by atoms with E-state index in [1.807, 2.05) is 0 Å². The van der Waals surface area contributed by atoms with Crippen LogP contribution in [0.25, 0.3) is 0 Å². The van der Waals surface area contributed by atoms with Crippen molar-refractivity contribution in [2.45, 2.75) is 38.1 Å². The quantitative estimate of drug-likeness (QED) is 0.818. The molecule has 1 heterocycles. The van der Waals surface area contributed by atoms with Crippen LogP contribution in [0, 0.1) is 0 Å². The highest BCUT2D eigenvalue weighted by Gasteiger charge is 2.15. The van der Waals surface area contributed by atoms with Crippen molar-refractivity contribution < 1.29 is 4.79 Å². The normalized spacial score (nSPS) is 15.1. The number of aromatic nitrogens is 2. The maximum absolute atomic E-state index is 12.2. The average Bonchev–Trinajstić information content (AvgIpc) is 2.60. The molecule has 1 aromatic carbocycles. The Balaban J connectivity index is 1.64. The smallest absolute Gasteiger partial charge is 0.275 e. The molecule has 0 bridgehead atoms. The number of rotatable bonds is 4. The van der Waals surface area contributed by atoms with Crippen molar-refractivity contribution in [3.8, 4) is 0 Å². The minimum atomic E-state index is -0.379. The van der Waals surface area contributed by atoms with Gasteiger partial charge in [0.2, 0.25) is 0 Å². The third kappa shape index (κ3) is 4.16. The van der Waals surface area contributed by atoms with Gasteiger partial charge >= 0.3 is 0 Å². The van der Waals surface area contributed by atoms with Crippen LogP contribution in [0.15, 0.2) is 30.6 Å². The number of carbonyl (C=O) groups excluding carboxylic acids is 1. The van der Waals surface area contributed by atoms with E-state index >= 15 is 0 Å². The monoisotopic (exact) mass is 364 g/mol. The van der Waals surface area contributed by atoms with Gasteiger partial charge in [-0.15, -0.1) is 0 Å². The number of hydrogen-bond donors (Lipinski definition) is 2. The van der Waals surface area contributed by atoms with Crippen LogP contribution in [-0.4, -0.2) is 21.9 Å². The summed E-state index contributed by atoms with van der Waals surface area (Å²) in [6.07, 6.45) is 9.13. The van der Waals surface area contributed by atoms with E-state index in [0.29, 0.717) is 27.6 Å². The first-order valence-electron chi connectivity index (χ1n) is 7.97. The summed E-state index contributed by atoms with van der Waals surface area (Å²) in [4.78, 5) is 20.7. The Labute approximate surface area is 150 Å². The van der Waals surface area contributed by atoms with Gasteiger partial charge in [-0.05, 0) is 25.0 Å². The lowest BCUT2D eigenvalue weighted by atomic mass is 9.96. The highest BCUT2D eigenvalue weighted by Crippen LogP contribution is 2.29. The van der Waals surface area contributed by atoms with Crippen LogP contribution in [-0.2, 0) is 0 Å². The minimum Gasteiger partial charge on any atom is -0.366 e. The second kappa shape index (κ2) is 7.81. The molecule has 1 amide bonds. The van der Waals surface area contributed by atoms with E-state index in [2.05, 4.69) is 20.6 Å². The molecule has 1 fully saturated rings. The maximum atomic E-state index is 12.2. The van der Waals surface area contributed by atoms with E-state index in [-0.39, 0.29) is 11.6 Å². The van der Waals surface area contributed by atoms with Crippen molar-refractivity contribution in [2.75, 3.05) is 10.6 Å². The molecular weight excluding hydrogens is 347 g/mol. The predicted molar refractivity (Wildman–Crippen MR) is 96.9 cm³/mol. The third-order valence-electron chi connectivity index (χ3n) is 4.04. The first-order chi connectivity index (χ1) is 11.6. The fourth-order valence-electron chi connectivity index (χ4n) is 2.76. The van der Waals surface area contributed by atoms with E-state index in [1.165, 1.54) is 25.5 Å². The van der Waals surface area contributed by atoms with Gasteiger partial charge < -0.3 is 10.6 Å². The van der Waals surface area contributed by atoms with E-state index in [9.17, 15) is 4.79 Å². The van der Waals surface area contributed by atoms with Crippen LogP contribution < -0.4 is 10.6 Å². The molecule has 1 aromatic heterocycles. The van der Waals surface area contributed by atoms with Crippen LogP contribution in [0.3, 0.4) is 0 Å². The first kappa shape index (κ1) is 17.0. The summed E-state index contributed by atoms with van der Waals surface area (Å²) in [5.41, 5.74) is 0.667. The van der Waals surface area contributed by atoms with Gasteiger partial charge in [-0.1, -0.05) is 48.5 Å². The van der Waals surface area contributed by atoms with E-state index in [1.54, 1.807) is 24.4 Å². The van der Waals surface area contributed by atoms with Crippen molar-refractivity contribution in [2.24, 2.45) is 0 Å². The molecule has 24 heavy (non-hydrogen) atoms. The molecule has 0 unspecified atom stereocenters. The molecular formula is C17H18Cl2N4O. The van der Waals surface area contributed by atoms with Crippen molar-refractivity contribution in [3.63, 3.8) is 0 Å². The van der Waals surface area contributed by atoms with Gasteiger partial charge in [-0.3, -0.25) is 4.79 Å². The summed E-state index contributed by atoms with van der Waals surface area (Å²) in [6.45, 7) is 0. The maximum Gasteiger partial charge on any atom is 0.275 e. The Hall–Kier alpha value is -1.85. The molecule has 0 spiro atoms. The third-order valence-corrected chi connectivity index (χ3v) is 4.86. The molecule has 2 N–H and O–H groups in total. The Morgan fingerprint density at radius 1 is 1.08 bits per heavy atom. The standard InChI is InChI=1S/C17H18Cl2N4O/c18-12-7-4-8-13(16(12)19)23-17(24)14-9-21-15(10-20-14)22-11-5-2-1-3-6-11/h4,7-11H,1-3,5-6H2,(H,21,22)(H,23,24). The molecule has 0 atom stereocenters. The summed E-state index contributed by atoms with van der Waals surface area (Å²) in [6, 6.07) is 5.49. The predicted octanol–water partition coefficient (Wildman–Crippen LogP) is 4.78. The molecule has 1 saturated carbocycles. The molecule has 2 aromatic rings. The fourth-order valence-corrected chi connectivity index (χ4v) is 3.11. The molecule has 5 nitrogen and oxygen atoms in total. The van der Waals surface area contributed by atoms with Crippen LogP contribution in [0.1, 0.15) is 42.6 Å². The second-order valence-corrected chi connectivity index (χ2v) is 6.61. The largest absolute Gasteiger partial charge is 0.366 e. The number of hydrogen-bond acceptors (Lipinski definition) is 4. The fraction of sp³-hybridized carbons (Fsp3) is 0.353. The van der Waals surface area contributed by atoms with E-state index in [4.69, 9.17) is 23.2 Å². The lowest BCUT2D eigenvalue weighted by molar-refractivity contribution is 0.102. The molecule has 3 rings (SSSR count). The van der Waals surface area contributed by atoms with Crippen molar-refractivity contribution in [1.29, 1.82) is 0 Å². The van der Waals surface area contributed by atoms with Gasteiger partial charge in [0.15, 0.2) is 0 Å². The van der Waals surface area contributed by atoms with Gasteiger partial charge in [0.25, 0.3) is 5.91 Å². The average molecular weight is 365 g/mol. The Morgan fingerprint density at radius 2 is 1.88 bits per heavy atom. The van der Waals surface area contributed by atoms with Gasteiger partial charge in [0.1, 0.15) is 11.5 Å². The number of nitrogens with zero attached hydrogens (tertiary/aromatic N) is 2.